The van der Waals surface area contributed by atoms with Crippen LogP contribution in [0.3, 0.4) is 0 Å². The van der Waals surface area contributed by atoms with E-state index in [0.717, 1.165) is 25.3 Å². The number of halogens is 2. The number of hydrogen-bond acceptors (Lipinski definition) is 6. The van der Waals surface area contributed by atoms with Crippen molar-refractivity contribution in [3.05, 3.63) is 12.7 Å². The first-order valence-corrected chi connectivity index (χ1v) is 7.40. The van der Waals surface area contributed by atoms with Crippen molar-refractivity contribution < 1.29 is 37.4 Å². The van der Waals surface area contributed by atoms with E-state index in [1.807, 2.05) is 0 Å². The molecular formula is C15H18F2O6. The van der Waals surface area contributed by atoms with Gasteiger partial charge in [-0.2, -0.15) is 8.78 Å². The van der Waals surface area contributed by atoms with Crippen molar-refractivity contribution in [1.82, 2.24) is 0 Å². The van der Waals surface area contributed by atoms with Crippen LogP contribution in [0.1, 0.15) is 25.7 Å². The first kappa shape index (κ1) is 17.4. The zero-order chi connectivity index (χ0) is 17.0. The van der Waals surface area contributed by atoms with Crippen LogP contribution in [0.15, 0.2) is 12.7 Å². The Morgan fingerprint density at radius 1 is 1.09 bits per heavy atom. The molecule has 2 fully saturated rings. The average Bonchev–Trinajstić information content (AvgIpc) is 3.13. The van der Waals surface area contributed by atoms with Crippen LogP contribution in [0, 0.1) is 11.8 Å². The van der Waals surface area contributed by atoms with E-state index < -0.39 is 43.1 Å². The van der Waals surface area contributed by atoms with E-state index in [9.17, 15) is 23.2 Å². The summed E-state index contributed by atoms with van der Waals surface area (Å²) in [6.45, 7) is 2.14. The summed E-state index contributed by atoms with van der Waals surface area (Å²) >= 11 is 0. The van der Waals surface area contributed by atoms with Crippen LogP contribution in [0.2, 0.25) is 0 Å². The molecule has 0 heterocycles. The fraction of sp³-hybridized carbons (Fsp3) is 0.667. The van der Waals surface area contributed by atoms with E-state index in [2.05, 4.69) is 16.1 Å². The van der Waals surface area contributed by atoms with E-state index in [4.69, 9.17) is 4.74 Å². The van der Waals surface area contributed by atoms with Crippen molar-refractivity contribution in [2.75, 3.05) is 13.2 Å². The lowest BCUT2D eigenvalue weighted by Gasteiger charge is -2.23. The molecule has 23 heavy (non-hydrogen) atoms. The maximum Gasteiger partial charge on any atom is 0.437 e. The van der Waals surface area contributed by atoms with Gasteiger partial charge in [0, 0.05) is 6.08 Å². The molecule has 0 aliphatic heterocycles. The smallest absolute Gasteiger partial charge is 0.437 e. The number of ether oxygens (including phenoxy) is 3. The molecule has 0 amide bonds. The van der Waals surface area contributed by atoms with Gasteiger partial charge in [-0.15, -0.1) is 0 Å². The summed E-state index contributed by atoms with van der Waals surface area (Å²) in [4.78, 5) is 33.6. The molecule has 0 N–H and O–H groups in total. The zero-order valence-electron chi connectivity index (χ0n) is 12.5. The molecule has 2 saturated carbocycles. The number of carbonyl (C=O) groups excluding carboxylic acids is 3. The van der Waals surface area contributed by atoms with Crippen LogP contribution in [-0.2, 0) is 28.6 Å². The minimum atomic E-state index is -4.37. The third-order valence-corrected chi connectivity index (χ3v) is 4.17. The van der Waals surface area contributed by atoms with Gasteiger partial charge in [-0.05, 0) is 37.5 Å². The lowest BCUT2D eigenvalue weighted by Crippen LogP contribution is -2.43. The highest BCUT2D eigenvalue weighted by Crippen LogP contribution is 2.46. The van der Waals surface area contributed by atoms with Gasteiger partial charge in [-0.1, -0.05) is 6.58 Å². The second-order valence-corrected chi connectivity index (χ2v) is 5.70. The lowest BCUT2D eigenvalue weighted by molar-refractivity contribution is -0.196. The quantitative estimate of drug-likeness (QED) is 0.232. The number of rotatable bonds is 7. The van der Waals surface area contributed by atoms with E-state index in [1.165, 1.54) is 0 Å². The lowest BCUT2D eigenvalue weighted by atomic mass is 9.98. The minimum Gasteiger partial charge on any atom is -0.459 e. The van der Waals surface area contributed by atoms with Crippen LogP contribution >= 0.6 is 0 Å². The summed E-state index contributed by atoms with van der Waals surface area (Å²) in [5, 5.41) is 0. The van der Waals surface area contributed by atoms with Gasteiger partial charge in [0.1, 0.15) is 19.3 Å². The Hall–Kier alpha value is -1.99. The van der Waals surface area contributed by atoms with Gasteiger partial charge < -0.3 is 14.2 Å². The van der Waals surface area contributed by atoms with Gasteiger partial charge in [0.15, 0.2) is 0 Å². The molecule has 0 radical (unpaired) electrons. The molecule has 0 saturated heterocycles. The molecule has 6 nitrogen and oxygen atoms in total. The van der Waals surface area contributed by atoms with Crippen molar-refractivity contribution >= 4 is 17.9 Å². The fourth-order valence-corrected chi connectivity index (χ4v) is 3.05. The third-order valence-electron chi connectivity index (χ3n) is 4.17. The molecule has 3 atom stereocenters. The van der Waals surface area contributed by atoms with Crippen molar-refractivity contribution in [1.29, 1.82) is 0 Å². The van der Waals surface area contributed by atoms with Gasteiger partial charge in [0.2, 0.25) is 0 Å². The SMILES string of the molecule is C=CC(=O)OCCOC(=O)C(F)(F)C(=O)OC1CC2CCC1C2. The molecule has 2 bridgehead atoms. The van der Waals surface area contributed by atoms with Gasteiger partial charge in [0.25, 0.3) is 0 Å². The minimum absolute atomic E-state index is 0.106. The van der Waals surface area contributed by atoms with Gasteiger partial charge in [-0.3, -0.25) is 0 Å². The van der Waals surface area contributed by atoms with Crippen molar-refractivity contribution in [2.45, 2.75) is 37.7 Å². The van der Waals surface area contributed by atoms with Crippen LogP contribution in [0.25, 0.3) is 0 Å². The number of carbonyl (C=O) groups is 3. The van der Waals surface area contributed by atoms with Crippen molar-refractivity contribution in [2.24, 2.45) is 11.8 Å². The summed E-state index contributed by atoms with van der Waals surface area (Å²) in [5.41, 5.74) is 0. The second kappa shape index (κ2) is 7.06. The molecule has 2 rings (SSSR count). The van der Waals surface area contributed by atoms with E-state index in [0.29, 0.717) is 12.3 Å². The molecule has 2 aliphatic carbocycles. The second-order valence-electron chi connectivity index (χ2n) is 5.70. The molecule has 0 spiro atoms. The molecule has 128 valence electrons. The summed E-state index contributed by atoms with van der Waals surface area (Å²) < 4.78 is 40.9. The largest absolute Gasteiger partial charge is 0.459 e. The Morgan fingerprint density at radius 2 is 1.78 bits per heavy atom. The Balaban J connectivity index is 1.77. The average molecular weight is 332 g/mol. The van der Waals surface area contributed by atoms with E-state index in [-0.39, 0.29) is 5.92 Å². The highest BCUT2D eigenvalue weighted by Gasteiger charge is 2.53. The molecule has 8 heteroatoms. The van der Waals surface area contributed by atoms with Crippen LogP contribution in [0.5, 0.6) is 0 Å². The summed E-state index contributed by atoms with van der Waals surface area (Å²) in [6, 6.07) is 0. The van der Waals surface area contributed by atoms with Gasteiger partial charge >= 0.3 is 23.8 Å². The standard InChI is InChI=1S/C15H18F2O6/c1-2-12(18)21-5-6-22-13(19)15(16,17)14(20)23-11-8-9-3-4-10(11)7-9/h2,9-11H,1,3-8H2. The maximum absolute atomic E-state index is 13.7. The topological polar surface area (TPSA) is 78.9 Å². The number of hydrogen-bond donors (Lipinski definition) is 0. The predicted octanol–water partition coefficient (Wildman–Crippen LogP) is 1.63. The van der Waals surface area contributed by atoms with Gasteiger partial charge in [-0.25, -0.2) is 14.4 Å². The van der Waals surface area contributed by atoms with Crippen LogP contribution in [-0.4, -0.2) is 43.1 Å². The number of alkyl halides is 2. The summed E-state index contributed by atoms with van der Waals surface area (Å²) in [5.74, 6) is -8.52. The molecule has 3 unspecified atom stereocenters. The molecule has 0 aromatic rings. The van der Waals surface area contributed by atoms with E-state index >= 15 is 0 Å². The molecule has 0 aromatic heterocycles. The Morgan fingerprint density at radius 3 is 2.35 bits per heavy atom. The fourth-order valence-electron chi connectivity index (χ4n) is 3.05. The molecule has 0 aromatic carbocycles. The van der Waals surface area contributed by atoms with Crippen molar-refractivity contribution in [3.63, 3.8) is 0 Å². The van der Waals surface area contributed by atoms with Crippen molar-refractivity contribution in [3.8, 4) is 0 Å². The van der Waals surface area contributed by atoms with Crippen LogP contribution < -0.4 is 0 Å². The Labute approximate surface area is 131 Å². The maximum atomic E-state index is 13.7. The number of esters is 3. The van der Waals surface area contributed by atoms with E-state index in [1.54, 1.807) is 0 Å². The van der Waals surface area contributed by atoms with Crippen LogP contribution in [0.4, 0.5) is 8.78 Å². The summed E-state index contributed by atoms with van der Waals surface area (Å²) in [6.07, 6.45) is 3.66. The third kappa shape index (κ3) is 4.05. The summed E-state index contributed by atoms with van der Waals surface area (Å²) in [7, 11) is 0. The Bertz CT molecular complexity index is 504. The predicted molar refractivity (Wildman–Crippen MR) is 72.4 cm³/mol. The zero-order valence-corrected chi connectivity index (χ0v) is 12.5. The normalized spacial score (nSPS) is 25.7. The monoisotopic (exact) mass is 332 g/mol. The highest BCUT2D eigenvalue weighted by molar-refractivity contribution is 6.01. The highest BCUT2D eigenvalue weighted by atomic mass is 19.3. The first-order valence-electron chi connectivity index (χ1n) is 7.40. The molecular weight excluding hydrogens is 314 g/mol. The Kier molecular flexibility index (Phi) is 5.33. The first-order chi connectivity index (χ1) is 10.8. The van der Waals surface area contributed by atoms with Gasteiger partial charge in [0.05, 0.1) is 0 Å². The molecule has 2 aliphatic rings. The number of fused-ring (bicyclic) bond motifs is 2.